The maximum atomic E-state index is 13.8. The van der Waals surface area contributed by atoms with Gasteiger partial charge in [0, 0.05) is 0 Å². The zero-order valence-corrected chi connectivity index (χ0v) is 13.6. The summed E-state index contributed by atoms with van der Waals surface area (Å²) < 4.78 is 27.3. The topological polar surface area (TPSA) is 0 Å². The van der Waals surface area contributed by atoms with Gasteiger partial charge >= 0.3 is 0 Å². The number of halogens is 2. The van der Waals surface area contributed by atoms with Crippen LogP contribution >= 0.6 is 0 Å². The lowest BCUT2D eigenvalue weighted by atomic mass is 9.90. The summed E-state index contributed by atoms with van der Waals surface area (Å²) in [7, 11) is 0. The lowest BCUT2D eigenvalue weighted by Gasteiger charge is -2.17. The average molecular weight is 284 g/mol. The Hall–Kier alpha value is -0.920. The molecular weight excluding hydrogens is 254 g/mol. The lowest BCUT2D eigenvalue weighted by molar-refractivity contribution is 0.415. The summed E-state index contributed by atoms with van der Waals surface area (Å²) in [5.41, 5.74) is 0.370. The molecule has 2 unspecified atom stereocenters. The van der Waals surface area contributed by atoms with Crippen molar-refractivity contribution in [2.24, 2.45) is 11.8 Å². The van der Waals surface area contributed by atoms with Gasteiger partial charge in [-0.1, -0.05) is 66.0 Å². The summed E-state index contributed by atoms with van der Waals surface area (Å²) >= 11 is 0. The van der Waals surface area contributed by atoms with Crippen LogP contribution in [0.15, 0.2) is 36.0 Å². The number of unbranched alkanes of at least 4 members (excludes halogenated alkanes) is 2. The maximum absolute atomic E-state index is 13.8. The monoisotopic (exact) mass is 284 g/mol. The normalized spacial score (nSPS) is 15.5. The van der Waals surface area contributed by atoms with Crippen LogP contribution in [0.1, 0.15) is 66.2 Å². The molecule has 0 aliphatic heterocycles. The van der Waals surface area contributed by atoms with Gasteiger partial charge < -0.3 is 0 Å². The highest BCUT2D eigenvalue weighted by Crippen LogP contribution is 2.30. The third-order valence-electron chi connectivity index (χ3n) is 3.84. The largest absolute Gasteiger partial charge is 0.203 e. The van der Waals surface area contributed by atoms with Gasteiger partial charge in [0.2, 0.25) is 0 Å². The zero-order chi connectivity index (χ0) is 15.7. The van der Waals surface area contributed by atoms with E-state index in [1.807, 2.05) is 6.92 Å². The minimum atomic E-state index is -0.863. The SMILES string of the molecule is C=C(C)/C(F)=C(/F)C(=C)C(C)CCC(C)CCCCC. The molecule has 2 heteroatoms. The Morgan fingerprint density at radius 2 is 1.55 bits per heavy atom. The highest BCUT2D eigenvalue weighted by Gasteiger charge is 2.17. The van der Waals surface area contributed by atoms with Crippen LogP contribution in [-0.2, 0) is 0 Å². The fourth-order valence-electron chi connectivity index (χ4n) is 2.14. The Bertz CT molecular complexity index is 352. The standard InChI is InChI=1S/C18H30F2/c1-7-8-9-10-14(4)11-12-15(5)16(6)18(20)17(19)13(2)3/h14-15H,2,6-12H2,1,3-5H3/b18-17-. The fraction of sp³-hybridized carbons (Fsp3) is 0.667. The summed E-state index contributed by atoms with van der Waals surface area (Å²) in [4.78, 5) is 0. The van der Waals surface area contributed by atoms with Crippen molar-refractivity contribution in [3.05, 3.63) is 36.0 Å². The van der Waals surface area contributed by atoms with Gasteiger partial charge in [-0.05, 0) is 36.3 Å². The molecule has 0 saturated carbocycles. The molecule has 0 aliphatic carbocycles. The van der Waals surface area contributed by atoms with Gasteiger partial charge in [-0.3, -0.25) is 0 Å². The molecule has 0 aromatic heterocycles. The predicted molar refractivity (Wildman–Crippen MR) is 84.9 cm³/mol. The third-order valence-corrected chi connectivity index (χ3v) is 3.84. The zero-order valence-electron chi connectivity index (χ0n) is 13.6. The van der Waals surface area contributed by atoms with E-state index in [0.29, 0.717) is 5.92 Å². The molecule has 0 N–H and O–H groups in total. The summed E-state index contributed by atoms with van der Waals surface area (Å²) in [6, 6.07) is 0. The van der Waals surface area contributed by atoms with E-state index >= 15 is 0 Å². The Balaban J connectivity index is 4.27. The van der Waals surface area contributed by atoms with Gasteiger partial charge in [0.05, 0.1) is 0 Å². The second-order valence-corrected chi connectivity index (χ2v) is 6.01. The second kappa shape index (κ2) is 9.90. The molecule has 0 saturated heterocycles. The van der Waals surface area contributed by atoms with E-state index in [1.165, 1.54) is 32.6 Å². The number of hydrogen-bond donors (Lipinski definition) is 0. The third kappa shape index (κ3) is 7.02. The van der Waals surface area contributed by atoms with Crippen molar-refractivity contribution in [1.29, 1.82) is 0 Å². The van der Waals surface area contributed by atoms with Crippen LogP contribution in [0, 0.1) is 11.8 Å². The molecule has 0 amide bonds. The van der Waals surface area contributed by atoms with Gasteiger partial charge in [-0.15, -0.1) is 0 Å². The van der Waals surface area contributed by atoms with Crippen LogP contribution in [0.5, 0.6) is 0 Å². The minimum Gasteiger partial charge on any atom is -0.203 e. The van der Waals surface area contributed by atoms with E-state index in [0.717, 1.165) is 12.8 Å². The first-order chi connectivity index (χ1) is 9.31. The average Bonchev–Trinajstić information content (AvgIpc) is 2.42. The lowest BCUT2D eigenvalue weighted by Crippen LogP contribution is -2.04. The molecule has 0 spiro atoms. The Morgan fingerprint density at radius 1 is 0.950 bits per heavy atom. The van der Waals surface area contributed by atoms with E-state index in [4.69, 9.17) is 0 Å². The van der Waals surface area contributed by atoms with Crippen molar-refractivity contribution in [2.75, 3.05) is 0 Å². The fourth-order valence-corrected chi connectivity index (χ4v) is 2.14. The van der Waals surface area contributed by atoms with Crippen molar-refractivity contribution in [2.45, 2.75) is 66.2 Å². The smallest absolute Gasteiger partial charge is 0.161 e. The first-order valence-electron chi connectivity index (χ1n) is 7.71. The molecule has 0 rings (SSSR count). The Kier molecular flexibility index (Phi) is 9.45. The molecule has 20 heavy (non-hydrogen) atoms. The van der Waals surface area contributed by atoms with Gasteiger partial charge in [-0.25, -0.2) is 8.78 Å². The van der Waals surface area contributed by atoms with E-state index in [1.54, 1.807) is 0 Å². The van der Waals surface area contributed by atoms with Crippen LogP contribution < -0.4 is 0 Å². The molecule has 0 radical (unpaired) electrons. The first kappa shape index (κ1) is 19.1. The molecule has 0 heterocycles. The molecule has 0 nitrogen and oxygen atoms in total. The number of hydrogen-bond acceptors (Lipinski definition) is 0. The van der Waals surface area contributed by atoms with Crippen molar-refractivity contribution >= 4 is 0 Å². The molecule has 2 atom stereocenters. The van der Waals surface area contributed by atoms with Crippen LogP contribution in [0.2, 0.25) is 0 Å². The predicted octanol–water partition coefficient (Wildman–Crippen LogP) is 6.90. The van der Waals surface area contributed by atoms with Gasteiger partial charge in [0.1, 0.15) is 0 Å². The van der Waals surface area contributed by atoms with Crippen LogP contribution in [-0.4, -0.2) is 0 Å². The van der Waals surface area contributed by atoms with Gasteiger partial charge in [-0.2, -0.15) is 0 Å². The Morgan fingerprint density at radius 3 is 2.05 bits per heavy atom. The highest BCUT2D eigenvalue weighted by molar-refractivity contribution is 5.34. The molecule has 0 aromatic carbocycles. The second-order valence-electron chi connectivity index (χ2n) is 6.01. The molecule has 0 fully saturated rings. The van der Waals surface area contributed by atoms with Crippen molar-refractivity contribution in [3.8, 4) is 0 Å². The Labute approximate surface area is 123 Å². The molecule has 0 aliphatic rings. The number of allylic oxidation sites excluding steroid dienone is 4. The van der Waals surface area contributed by atoms with E-state index < -0.39 is 11.7 Å². The summed E-state index contributed by atoms with van der Waals surface area (Å²) in [5.74, 6) is -1.09. The molecule has 116 valence electrons. The van der Waals surface area contributed by atoms with Gasteiger partial charge in [0.25, 0.3) is 0 Å². The van der Waals surface area contributed by atoms with Crippen molar-refractivity contribution in [1.82, 2.24) is 0 Å². The van der Waals surface area contributed by atoms with Crippen LogP contribution in [0.3, 0.4) is 0 Å². The van der Waals surface area contributed by atoms with Crippen LogP contribution in [0.25, 0.3) is 0 Å². The van der Waals surface area contributed by atoms with E-state index in [-0.39, 0.29) is 17.1 Å². The summed E-state index contributed by atoms with van der Waals surface area (Å²) in [6.45, 7) is 14.9. The highest BCUT2D eigenvalue weighted by atomic mass is 19.2. The summed E-state index contributed by atoms with van der Waals surface area (Å²) in [5, 5.41) is 0. The van der Waals surface area contributed by atoms with Crippen molar-refractivity contribution in [3.63, 3.8) is 0 Å². The van der Waals surface area contributed by atoms with Crippen molar-refractivity contribution < 1.29 is 8.78 Å². The molecule has 0 aromatic rings. The van der Waals surface area contributed by atoms with E-state index in [2.05, 4.69) is 27.0 Å². The quantitative estimate of drug-likeness (QED) is 0.302. The molecular formula is C18H30F2. The first-order valence-corrected chi connectivity index (χ1v) is 7.71. The van der Waals surface area contributed by atoms with E-state index in [9.17, 15) is 8.78 Å². The maximum Gasteiger partial charge on any atom is 0.161 e. The minimum absolute atomic E-state index is 0.0336. The number of rotatable bonds is 10. The van der Waals surface area contributed by atoms with Crippen LogP contribution in [0.4, 0.5) is 8.78 Å². The van der Waals surface area contributed by atoms with Gasteiger partial charge in [0.15, 0.2) is 11.7 Å². The summed E-state index contributed by atoms with van der Waals surface area (Å²) in [6.07, 6.45) is 6.86. The molecule has 0 bridgehead atoms.